The highest BCUT2D eigenvalue weighted by molar-refractivity contribution is 5.26. The fraction of sp³-hybridized carbons (Fsp3) is 0.929. The minimum atomic E-state index is -0.0161. The van der Waals surface area contributed by atoms with Crippen molar-refractivity contribution in [2.24, 2.45) is 52.3 Å². The molecule has 0 aromatic heterocycles. The van der Waals surface area contributed by atoms with E-state index in [4.69, 9.17) is 4.74 Å². The molecular formula is C28H45NO. The smallest absolute Gasteiger partial charge is 0.122 e. The second-order valence-electron chi connectivity index (χ2n) is 13.3. The van der Waals surface area contributed by atoms with E-state index < -0.39 is 0 Å². The maximum atomic E-state index is 7.03. The summed E-state index contributed by atoms with van der Waals surface area (Å²) in [6.07, 6.45) is 15.6. The quantitative estimate of drug-likeness (QED) is 0.456. The highest BCUT2D eigenvalue weighted by Gasteiger charge is 2.68. The van der Waals surface area contributed by atoms with Crippen LogP contribution in [0.5, 0.6) is 0 Å². The van der Waals surface area contributed by atoms with Crippen LogP contribution in [0.4, 0.5) is 0 Å². The van der Waals surface area contributed by atoms with Crippen LogP contribution in [0.1, 0.15) is 92.4 Å². The SMILES string of the molecule is CC1CCC2(NC1)OC1CC3C4CC=C5CC(C)CC[C@]5(C)C4CC[C@]3(C)C1C2C. The third kappa shape index (κ3) is 2.56. The predicted octanol–water partition coefficient (Wildman–Crippen LogP) is 6.56. The number of ether oxygens (including phenoxy) is 1. The highest BCUT2D eigenvalue weighted by Crippen LogP contribution is 2.70. The summed E-state index contributed by atoms with van der Waals surface area (Å²) in [5.74, 6) is 5.82. The van der Waals surface area contributed by atoms with Gasteiger partial charge in [0.05, 0.1) is 6.10 Å². The van der Waals surface area contributed by atoms with Crippen molar-refractivity contribution in [2.45, 2.75) is 104 Å². The van der Waals surface area contributed by atoms with E-state index in [1.54, 1.807) is 0 Å². The van der Waals surface area contributed by atoms with Gasteiger partial charge in [0.1, 0.15) is 5.72 Å². The van der Waals surface area contributed by atoms with Gasteiger partial charge in [-0.05, 0) is 104 Å². The van der Waals surface area contributed by atoms with Crippen LogP contribution in [0.2, 0.25) is 0 Å². The number of piperidine rings is 1. The van der Waals surface area contributed by atoms with E-state index >= 15 is 0 Å². The minimum Gasteiger partial charge on any atom is -0.357 e. The second kappa shape index (κ2) is 6.60. The molecule has 1 spiro atoms. The van der Waals surface area contributed by atoms with Gasteiger partial charge < -0.3 is 4.74 Å². The first-order valence-electron chi connectivity index (χ1n) is 13.4. The van der Waals surface area contributed by atoms with Crippen molar-refractivity contribution in [1.29, 1.82) is 0 Å². The van der Waals surface area contributed by atoms with Gasteiger partial charge in [0.15, 0.2) is 0 Å². The summed E-state index contributed by atoms with van der Waals surface area (Å²) >= 11 is 0. The van der Waals surface area contributed by atoms with Crippen LogP contribution in [0.15, 0.2) is 11.6 Å². The van der Waals surface area contributed by atoms with Crippen LogP contribution in [-0.2, 0) is 4.74 Å². The number of rotatable bonds is 0. The van der Waals surface area contributed by atoms with Crippen molar-refractivity contribution >= 4 is 0 Å². The molecule has 6 rings (SSSR count). The Morgan fingerprint density at radius 3 is 2.53 bits per heavy atom. The number of fused-ring (bicyclic) bond motifs is 7. The summed E-state index contributed by atoms with van der Waals surface area (Å²) in [5.41, 5.74) is 2.82. The van der Waals surface area contributed by atoms with Crippen LogP contribution >= 0.6 is 0 Å². The van der Waals surface area contributed by atoms with Crippen LogP contribution in [0.25, 0.3) is 0 Å². The lowest BCUT2D eigenvalue weighted by Gasteiger charge is -2.58. The zero-order chi connectivity index (χ0) is 20.9. The lowest BCUT2D eigenvalue weighted by Crippen LogP contribution is -2.57. The molecule has 2 heterocycles. The molecule has 30 heavy (non-hydrogen) atoms. The number of hydrogen-bond donors (Lipinski definition) is 1. The van der Waals surface area contributed by atoms with Crippen LogP contribution in [0, 0.1) is 52.3 Å². The van der Waals surface area contributed by atoms with Crippen LogP contribution in [0.3, 0.4) is 0 Å². The molecule has 9 unspecified atom stereocenters. The molecule has 0 bridgehead atoms. The van der Waals surface area contributed by atoms with E-state index in [9.17, 15) is 0 Å². The van der Waals surface area contributed by atoms with Crippen molar-refractivity contribution in [2.75, 3.05) is 6.54 Å². The van der Waals surface area contributed by atoms with Crippen molar-refractivity contribution in [3.8, 4) is 0 Å². The van der Waals surface area contributed by atoms with Crippen LogP contribution in [-0.4, -0.2) is 18.4 Å². The Hall–Kier alpha value is -0.340. The second-order valence-corrected chi connectivity index (χ2v) is 13.3. The summed E-state index contributed by atoms with van der Waals surface area (Å²) in [6, 6.07) is 0. The summed E-state index contributed by atoms with van der Waals surface area (Å²) < 4.78 is 7.03. The van der Waals surface area contributed by atoms with E-state index in [1.165, 1.54) is 57.8 Å². The fourth-order valence-electron chi connectivity index (χ4n) is 10.0. The van der Waals surface area contributed by atoms with E-state index in [2.05, 4.69) is 46.0 Å². The van der Waals surface area contributed by atoms with Gasteiger partial charge in [0.25, 0.3) is 0 Å². The number of allylic oxidation sites excluding steroid dienone is 2. The monoisotopic (exact) mass is 411 g/mol. The largest absolute Gasteiger partial charge is 0.357 e. The van der Waals surface area contributed by atoms with E-state index in [1.807, 2.05) is 5.57 Å². The Bertz CT molecular complexity index is 735. The zero-order valence-corrected chi connectivity index (χ0v) is 20.2. The molecule has 0 aromatic carbocycles. The summed E-state index contributed by atoms with van der Waals surface area (Å²) in [7, 11) is 0. The van der Waals surface area contributed by atoms with Gasteiger partial charge in [-0.25, -0.2) is 0 Å². The average Bonchev–Trinajstić information content (AvgIpc) is 3.16. The van der Waals surface area contributed by atoms with Crippen molar-refractivity contribution in [3.63, 3.8) is 0 Å². The molecule has 3 saturated carbocycles. The molecule has 2 aliphatic heterocycles. The summed E-state index contributed by atoms with van der Waals surface area (Å²) in [4.78, 5) is 0. The maximum absolute atomic E-state index is 7.03. The molecule has 0 aromatic rings. The van der Waals surface area contributed by atoms with Gasteiger partial charge >= 0.3 is 0 Å². The molecule has 6 aliphatic rings. The van der Waals surface area contributed by atoms with Gasteiger partial charge in [0, 0.05) is 12.5 Å². The molecular weight excluding hydrogens is 366 g/mol. The molecule has 4 aliphatic carbocycles. The Kier molecular flexibility index (Phi) is 4.46. The van der Waals surface area contributed by atoms with Gasteiger partial charge in [-0.15, -0.1) is 0 Å². The Labute approximate surface area is 185 Å². The normalized spacial score (nSPS) is 59.8. The van der Waals surface area contributed by atoms with E-state index in [0.29, 0.717) is 22.9 Å². The van der Waals surface area contributed by atoms with Gasteiger partial charge in [0.2, 0.25) is 0 Å². The van der Waals surface area contributed by atoms with Crippen molar-refractivity contribution in [3.05, 3.63) is 11.6 Å². The molecule has 11 atom stereocenters. The highest BCUT2D eigenvalue weighted by atomic mass is 16.5. The first-order valence-corrected chi connectivity index (χ1v) is 13.4. The van der Waals surface area contributed by atoms with Gasteiger partial charge in [-0.1, -0.05) is 46.3 Å². The summed E-state index contributed by atoms with van der Waals surface area (Å²) in [6.45, 7) is 13.9. The molecule has 168 valence electrons. The van der Waals surface area contributed by atoms with Gasteiger partial charge in [-0.3, -0.25) is 5.32 Å². The minimum absolute atomic E-state index is 0.0161. The lowest BCUT2D eigenvalue weighted by molar-refractivity contribution is -0.115. The summed E-state index contributed by atoms with van der Waals surface area (Å²) in [5, 5.41) is 3.91. The molecule has 2 saturated heterocycles. The zero-order valence-electron chi connectivity index (χ0n) is 20.2. The van der Waals surface area contributed by atoms with Crippen LogP contribution < -0.4 is 5.32 Å². The fourth-order valence-corrected chi connectivity index (χ4v) is 10.0. The first kappa shape index (κ1) is 20.3. The maximum Gasteiger partial charge on any atom is 0.122 e. The first-order chi connectivity index (χ1) is 14.3. The molecule has 0 radical (unpaired) electrons. The van der Waals surface area contributed by atoms with E-state index in [-0.39, 0.29) is 5.72 Å². The average molecular weight is 412 g/mol. The molecule has 5 fully saturated rings. The Morgan fingerprint density at radius 2 is 1.77 bits per heavy atom. The molecule has 0 amide bonds. The number of hydrogen-bond acceptors (Lipinski definition) is 2. The molecule has 2 heteroatoms. The van der Waals surface area contributed by atoms with Crippen molar-refractivity contribution < 1.29 is 4.74 Å². The molecule has 2 nitrogen and oxygen atoms in total. The lowest BCUT2D eigenvalue weighted by atomic mass is 9.46. The molecule has 1 N–H and O–H groups in total. The van der Waals surface area contributed by atoms with E-state index in [0.717, 1.165) is 42.1 Å². The standard InChI is InChI=1S/C28H45NO/c1-17-8-11-26(4)20(14-17)6-7-21-22(26)10-12-27(5)23(21)15-24-25(27)19(3)28(30-24)13-9-18(2)16-29-28/h6,17-19,21-25,29H,7-16H2,1-5H3/t17?,18?,19?,21?,22?,23?,24?,25?,26-,27-,28?/m0/s1. The predicted molar refractivity (Wildman–Crippen MR) is 123 cm³/mol. The number of nitrogens with one attached hydrogen (secondary N) is 1. The Balaban J connectivity index is 1.28. The third-order valence-electron chi connectivity index (χ3n) is 11.8. The topological polar surface area (TPSA) is 21.3 Å². The van der Waals surface area contributed by atoms with Gasteiger partial charge in [-0.2, -0.15) is 0 Å². The third-order valence-corrected chi connectivity index (χ3v) is 11.8. The Morgan fingerprint density at radius 1 is 0.967 bits per heavy atom. The van der Waals surface area contributed by atoms with Crippen molar-refractivity contribution in [1.82, 2.24) is 5.32 Å².